The molecule has 4 nitrogen and oxygen atoms in total. The van der Waals surface area contributed by atoms with E-state index in [4.69, 9.17) is 0 Å². The Hall–Kier alpha value is -2.64. The van der Waals surface area contributed by atoms with E-state index < -0.39 is 5.54 Å². The zero-order valence-corrected chi connectivity index (χ0v) is 17.2. The molecule has 0 radical (unpaired) electrons. The lowest BCUT2D eigenvalue weighted by atomic mass is 9.89. The van der Waals surface area contributed by atoms with Gasteiger partial charge in [-0.1, -0.05) is 54.6 Å². The van der Waals surface area contributed by atoms with Crippen molar-refractivity contribution in [1.82, 2.24) is 9.80 Å². The van der Waals surface area contributed by atoms with Crippen molar-refractivity contribution in [2.45, 2.75) is 37.6 Å². The van der Waals surface area contributed by atoms with Gasteiger partial charge in [0, 0.05) is 32.5 Å². The van der Waals surface area contributed by atoms with Crippen LogP contribution in [-0.2, 0) is 24.1 Å². The number of nitriles is 1. The summed E-state index contributed by atoms with van der Waals surface area (Å²) in [4.78, 5) is 18.1. The van der Waals surface area contributed by atoms with Crippen LogP contribution < -0.4 is 0 Å². The molecule has 150 valence electrons. The number of hydrogen-bond acceptors (Lipinski definition) is 3. The van der Waals surface area contributed by atoms with Crippen LogP contribution in [0.1, 0.15) is 29.5 Å². The molecule has 1 atom stereocenters. The van der Waals surface area contributed by atoms with Gasteiger partial charge in [-0.05, 0) is 43.0 Å². The fourth-order valence-electron chi connectivity index (χ4n) is 4.90. The summed E-state index contributed by atoms with van der Waals surface area (Å²) in [6.07, 6.45) is 4.24. The van der Waals surface area contributed by atoms with Crippen LogP contribution in [0.5, 0.6) is 0 Å². The highest BCUT2D eigenvalue weighted by Crippen LogP contribution is 2.36. The fourth-order valence-corrected chi connectivity index (χ4v) is 4.90. The van der Waals surface area contributed by atoms with Crippen LogP contribution in [0.3, 0.4) is 0 Å². The van der Waals surface area contributed by atoms with E-state index in [1.165, 1.54) is 16.7 Å². The number of likely N-dealkylation sites (tertiary alicyclic amines) is 1. The molecule has 2 aromatic carbocycles. The summed E-state index contributed by atoms with van der Waals surface area (Å²) < 4.78 is 0. The van der Waals surface area contributed by atoms with Gasteiger partial charge in [-0.25, -0.2) is 0 Å². The van der Waals surface area contributed by atoms with Crippen molar-refractivity contribution in [2.75, 3.05) is 26.7 Å². The minimum absolute atomic E-state index is 0.0387. The third-order valence-corrected chi connectivity index (χ3v) is 6.68. The monoisotopic (exact) mass is 387 g/mol. The number of carbonyl (C=O) groups excluding carboxylic acids is 1. The number of carbonyl (C=O) groups is 1. The van der Waals surface area contributed by atoms with E-state index in [0.717, 1.165) is 45.2 Å². The molecule has 0 N–H and O–H groups in total. The van der Waals surface area contributed by atoms with Crippen molar-refractivity contribution in [1.29, 1.82) is 5.26 Å². The van der Waals surface area contributed by atoms with Gasteiger partial charge in [-0.2, -0.15) is 5.26 Å². The molecule has 2 aromatic rings. The van der Waals surface area contributed by atoms with Crippen LogP contribution in [0.2, 0.25) is 0 Å². The van der Waals surface area contributed by atoms with Crippen molar-refractivity contribution < 1.29 is 4.79 Å². The SMILES string of the molecule is CN(CCc1ccccc1)C1(C(=O)N2CCC[C@@H](C#N)C2)Cc2ccccc2C1. The second-order valence-corrected chi connectivity index (χ2v) is 8.53. The molecule has 0 bridgehead atoms. The minimum Gasteiger partial charge on any atom is -0.340 e. The fraction of sp³-hybridized carbons (Fsp3) is 0.440. The molecular weight excluding hydrogens is 358 g/mol. The first-order valence-corrected chi connectivity index (χ1v) is 10.6. The molecule has 0 unspecified atom stereocenters. The highest BCUT2D eigenvalue weighted by atomic mass is 16.2. The van der Waals surface area contributed by atoms with Gasteiger partial charge in [0.2, 0.25) is 5.91 Å². The van der Waals surface area contributed by atoms with Crippen molar-refractivity contribution in [2.24, 2.45) is 5.92 Å². The minimum atomic E-state index is -0.546. The molecule has 1 amide bonds. The van der Waals surface area contributed by atoms with Gasteiger partial charge < -0.3 is 4.90 Å². The van der Waals surface area contributed by atoms with Crippen molar-refractivity contribution in [3.05, 3.63) is 71.3 Å². The maximum absolute atomic E-state index is 13.9. The summed E-state index contributed by atoms with van der Waals surface area (Å²) in [5.41, 5.74) is 3.30. The molecule has 0 saturated carbocycles. The normalized spacial score (nSPS) is 20.3. The quantitative estimate of drug-likeness (QED) is 0.789. The van der Waals surface area contributed by atoms with Crippen LogP contribution in [0.4, 0.5) is 0 Å². The molecule has 4 rings (SSSR count). The molecule has 1 aliphatic carbocycles. The number of fused-ring (bicyclic) bond motifs is 1. The number of piperidine rings is 1. The van der Waals surface area contributed by atoms with Crippen LogP contribution >= 0.6 is 0 Å². The van der Waals surface area contributed by atoms with E-state index in [1.807, 2.05) is 11.0 Å². The summed E-state index contributed by atoms with van der Waals surface area (Å²) in [6.45, 7) is 2.17. The predicted octanol–water partition coefficient (Wildman–Crippen LogP) is 3.46. The van der Waals surface area contributed by atoms with E-state index in [1.54, 1.807) is 0 Å². The Labute approximate surface area is 173 Å². The van der Waals surface area contributed by atoms with Crippen LogP contribution in [0, 0.1) is 17.2 Å². The molecule has 29 heavy (non-hydrogen) atoms. The Morgan fingerprint density at radius 2 is 1.79 bits per heavy atom. The van der Waals surface area contributed by atoms with Gasteiger partial charge in [-0.15, -0.1) is 0 Å². The smallest absolute Gasteiger partial charge is 0.243 e. The third kappa shape index (κ3) is 3.93. The van der Waals surface area contributed by atoms with Gasteiger partial charge in [0.1, 0.15) is 5.54 Å². The van der Waals surface area contributed by atoms with Gasteiger partial charge in [0.05, 0.1) is 12.0 Å². The largest absolute Gasteiger partial charge is 0.340 e. The summed E-state index contributed by atoms with van der Waals surface area (Å²) in [5.74, 6) is 0.160. The van der Waals surface area contributed by atoms with Crippen molar-refractivity contribution in [3.63, 3.8) is 0 Å². The lowest BCUT2D eigenvalue weighted by Crippen LogP contribution is -2.61. The van der Waals surface area contributed by atoms with E-state index in [0.29, 0.717) is 6.54 Å². The Balaban J connectivity index is 1.58. The molecule has 0 aromatic heterocycles. The van der Waals surface area contributed by atoms with E-state index in [9.17, 15) is 10.1 Å². The van der Waals surface area contributed by atoms with Crippen LogP contribution in [0.25, 0.3) is 0 Å². The van der Waals surface area contributed by atoms with E-state index in [2.05, 4.69) is 66.5 Å². The van der Waals surface area contributed by atoms with Gasteiger partial charge in [0.25, 0.3) is 0 Å². The van der Waals surface area contributed by atoms with Crippen LogP contribution in [0.15, 0.2) is 54.6 Å². The molecule has 1 aliphatic heterocycles. The molecule has 2 aliphatic rings. The van der Waals surface area contributed by atoms with Crippen molar-refractivity contribution in [3.8, 4) is 6.07 Å². The molecule has 1 heterocycles. The van der Waals surface area contributed by atoms with E-state index >= 15 is 0 Å². The van der Waals surface area contributed by atoms with Gasteiger partial charge in [0.15, 0.2) is 0 Å². The highest BCUT2D eigenvalue weighted by Gasteiger charge is 2.49. The molecule has 1 saturated heterocycles. The van der Waals surface area contributed by atoms with Gasteiger partial charge >= 0.3 is 0 Å². The standard InChI is InChI=1S/C25H29N3O/c1-27(15-13-20-8-3-2-4-9-20)25(16-22-11-5-6-12-23(22)17-25)24(29)28-14-7-10-21(18-26)19-28/h2-6,8-9,11-12,21H,7,10,13-17,19H2,1H3/t21-/m0/s1. The second-order valence-electron chi connectivity index (χ2n) is 8.53. The van der Waals surface area contributed by atoms with E-state index in [-0.39, 0.29) is 11.8 Å². The number of hydrogen-bond donors (Lipinski definition) is 0. The number of benzene rings is 2. The highest BCUT2D eigenvalue weighted by molar-refractivity contribution is 5.88. The molecule has 0 spiro atoms. The average Bonchev–Trinajstić information content (AvgIpc) is 3.18. The number of rotatable bonds is 5. The topological polar surface area (TPSA) is 47.3 Å². The Morgan fingerprint density at radius 1 is 1.14 bits per heavy atom. The lowest BCUT2D eigenvalue weighted by Gasteiger charge is -2.43. The summed E-state index contributed by atoms with van der Waals surface area (Å²) in [7, 11) is 2.10. The maximum atomic E-state index is 13.9. The molecule has 1 fully saturated rings. The Kier molecular flexibility index (Phi) is 5.69. The number of nitrogens with zero attached hydrogens (tertiary/aromatic N) is 3. The first-order valence-electron chi connectivity index (χ1n) is 10.6. The zero-order valence-electron chi connectivity index (χ0n) is 17.2. The first-order chi connectivity index (χ1) is 14.1. The number of amides is 1. The second kappa shape index (κ2) is 8.39. The zero-order chi connectivity index (χ0) is 20.3. The summed E-state index contributed by atoms with van der Waals surface area (Å²) in [5, 5.41) is 9.38. The molecular formula is C25H29N3O. The average molecular weight is 388 g/mol. The maximum Gasteiger partial charge on any atom is 0.243 e. The van der Waals surface area contributed by atoms with Crippen molar-refractivity contribution >= 4 is 5.91 Å². The Morgan fingerprint density at radius 3 is 2.45 bits per heavy atom. The van der Waals surface area contributed by atoms with Crippen LogP contribution in [-0.4, -0.2) is 47.9 Å². The van der Waals surface area contributed by atoms with Gasteiger partial charge in [-0.3, -0.25) is 9.69 Å². The number of likely N-dealkylation sites (N-methyl/N-ethyl adjacent to an activating group) is 1. The lowest BCUT2D eigenvalue weighted by molar-refractivity contribution is -0.145. The third-order valence-electron chi connectivity index (χ3n) is 6.68. The summed E-state index contributed by atoms with van der Waals surface area (Å²) in [6, 6.07) is 21.3. The predicted molar refractivity (Wildman–Crippen MR) is 114 cm³/mol. The summed E-state index contributed by atoms with van der Waals surface area (Å²) >= 11 is 0. The first kappa shape index (κ1) is 19.7. The Bertz CT molecular complexity index is 877. The molecule has 4 heteroatoms.